The van der Waals surface area contributed by atoms with E-state index in [-0.39, 0.29) is 0 Å². The van der Waals surface area contributed by atoms with Gasteiger partial charge in [-0.25, -0.2) is 0 Å². The Morgan fingerprint density at radius 1 is 0.302 bits per heavy atom. The average molecular weight is 679 g/mol. The summed E-state index contributed by atoms with van der Waals surface area (Å²) < 4.78 is 18.6. The molecule has 0 radical (unpaired) electrons. The summed E-state index contributed by atoms with van der Waals surface area (Å²) in [6.07, 6.45) is 0. The normalized spacial score (nSPS) is 13.7. The van der Waals surface area contributed by atoms with Crippen LogP contribution >= 0.6 is 0 Å². The molecular weight excluding hydrogens is 649 g/mol. The highest BCUT2D eigenvalue weighted by Gasteiger charge is 2.50. The van der Waals surface area contributed by atoms with Gasteiger partial charge in [0.05, 0.1) is 27.5 Å². The van der Waals surface area contributed by atoms with Crippen LogP contribution in [0.2, 0.25) is 0 Å². The van der Waals surface area contributed by atoms with Crippen LogP contribution in [0.25, 0.3) is 55.0 Å². The number of benzene rings is 8. The smallest absolute Gasteiger partial charge is 0.134 e. The molecule has 248 valence electrons. The number of aromatic nitrogens is 2. The number of rotatable bonds is 2. The van der Waals surface area contributed by atoms with E-state index >= 15 is 0 Å². The first-order valence-corrected chi connectivity index (χ1v) is 18.1. The van der Waals surface area contributed by atoms with Crippen LogP contribution in [0, 0.1) is 0 Å². The summed E-state index contributed by atoms with van der Waals surface area (Å²) in [4.78, 5) is 0. The molecule has 0 N–H and O–H groups in total. The number of nitrogens with zero attached hydrogens (tertiary/aromatic N) is 2. The van der Waals surface area contributed by atoms with E-state index in [0.717, 1.165) is 78.7 Å². The van der Waals surface area contributed by atoms with Gasteiger partial charge in [0.1, 0.15) is 23.0 Å². The molecule has 4 nitrogen and oxygen atoms in total. The van der Waals surface area contributed by atoms with Crippen LogP contribution in [0.3, 0.4) is 0 Å². The van der Waals surface area contributed by atoms with Crippen LogP contribution in [0.1, 0.15) is 22.3 Å². The van der Waals surface area contributed by atoms with Crippen LogP contribution in [0.15, 0.2) is 182 Å². The third kappa shape index (κ3) is 3.74. The zero-order valence-corrected chi connectivity index (χ0v) is 28.5. The van der Waals surface area contributed by atoms with Gasteiger partial charge in [-0.15, -0.1) is 0 Å². The molecule has 0 unspecified atom stereocenters. The van der Waals surface area contributed by atoms with Crippen molar-refractivity contribution in [2.24, 2.45) is 0 Å². The van der Waals surface area contributed by atoms with Crippen molar-refractivity contribution in [3.05, 3.63) is 204 Å². The molecule has 2 aromatic heterocycles. The molecule has 53 heavy (non-hydrogen) atoms. The molecule has 4 heteroatoms. The number of ether oxygens (including phenoxy) is 2. The molecule has 4 heterocycles. The van der Waals surface area contributed by atoms with Crippen molar-refractivity contribution in [1.82, 2.24) is 9.13 Å². The van der Waals surface area contributed by atoms with Crippen molar-refractivity contribution in [3.63, 3.8) is 0 Å². The van der Waals surface area contributed by atoms with Gasteiger partial charge in [-0.05, 0) is 48.5 Å². The van der Waals surface area contributed by atoms with Gasteiger partial charge in [-0.3, -0.25) is 0 Å². The summed E-state index contributed by atoms with van der Waals surface area (Å²) in [5.74, 6) is 3.34. The summed E-state index contributed by atoms with van der Waals surface area (Å²) in [5.41, 5.74) is 10.4. The largest absolute Gasteiger partial charge is 0.457 e. The van der Waals surface area contributed by atoms with Crippen molar-refractivity contribution >= 4 is 43.6 Å². The van der Waals surface area contributed by atoms with Crippen molar-refractivity contribution in [2.45, 2.75) is 5.41 Å². The van der Waals surface area contributed by atoms with E-state index in [0.29, 0.717) is 0 Å². The first kappa shape index (κ1) is 28.6. The van der Waals surface area contributed by atoms with Crippen molar-refractivity contribution < 1.29 is 9.47 Å². The average Bonchev–Trinajstić information content (AvgIpc) is 3.73. The molecule has 12 rings (SSSR count). The minimum atomic E-state index is -0.687. The summed E-state index contributed by atoms with van der Waals surface area (Å²) in [6.45, 7) is 0. The summed E-state index contributed by atoms with van der Waals surface area (Å²) in [6, 6.07) is 65.0. The number of fused-ring (bicyclic) bond motifs is 14. The van der Waals surface area contributed by atoms with Crippen LogP contribution in [0.5, 0.6) is 23.0 Å². The van der Waals surface area contributed by atoms with Gasteiger partial charge < -0.3 is 18.6 Å². The van der Waals surface area contributed by atoms with E-state index in [1.54, 1.807) is 0 Å². The molecular formula is C49H30N2O2. The van der Waals surface area contributed by atoms with Gasteiger partial charge in [-0.2, -0.15) is 0 Å². The maximum Gasteiger partial charge on any atom is 0.134 e. The molecule has 0 saturated heterocycles. The molecule has 10 aromatic rings. The predicted octanol–water partition coefficient (Wildman–Crippen LogP) is 12.5. The predicted molar refractivity (Wildman–Crippen MR) is 214 cm³/mol. The number of hydrogen-bond acceptors (Lipinski definition) is 2. The lowest BCUT2D eigenvalue weighted by Crippen LogP contribution is -2.36. The van der Waals surface area contributed by atoms with Crippen molar-refractivity contribution in [1.29, 1.82) is 0 Å². The Balaban J connectivity index is 1.17. The lowest BCUT2D eigenvalue weighted by Gasteiger charge is -2.45. The molecule has 1 spiro atoms. The Morgan fingerprint density at radius 3 is 1.04 bits per heavy atom. The van der Waals surface area contributed by atoms with Gasteiger partial charge in [-0.1, -0.05) is 121 Å². The maximum absolute atomic E-state index is 7.19. The van der Waals surface area contributed by atoms with Crippen LogP contribution in [-0.2, 0) is 5.41 Å². The molecule has 0 fully saturated rings. The first-order chi connectivity index (χ1) is 26.3. The lowest BCUT2D eigenvalue weighted by molar-refractivity contribution is 0.399. The summed E-state index contributed by atoms with van der Waals surface area (Å²) in [5, 5.41) is 4.91. The van der Waals surface area contributed by atoms with Gasteiger partial charge in [0.15, 0.2) is 0 Å². The fourth-order valence-corrected chi connectivity index (χ4v) is 9.33. The van der Waals surface area contributed by atoms with E-state index in [1.807, 2.05) is 0 Å². The van der Waals surface area contributed by atoms with Crippen LogP contribution in [-0.4, -0.2) is 9.13 Å². The zero-order valence-electron chi connectivity index (χ0n) is 28.5. The SMILES string of the molecule is c1ccc2c(c1)Oc1ccccc1C21c2ccc(-n3c4ccccc4c4ccccc43)cc2Oc2cc(-n3c4ccccc4c4ccccc43)ccc21. The molecule has 2 aliphatic rings. The van der Waals surface area contributed by atoms with Gasteiger partial charge in [0.2, 0.25) is 0 Å². The Labute approximate surface area is 305 Å². The fraction of sp³-hybridized carbons (Fsp3) is 0.0204. The van der Waals surface area contributed by atoms with E-state index in [4.69, 9.17) is 9.47 Å². The Bertz CT molecular complexity index is 2830. The highest BCUT2D eigenvalue weighted by atomic mass is 16.5. The van der Waals surface area contributed by atoms with Gasteiger partial charge in [0.25, 0.3) is 0 Å². The second kappa shape index (κ2) is 10.5. The lowest BCUT2D eigenvalue weighted by atomic mass is 9.62. The molecule has 0 saturated carbocycles. The van der Waals surface area contributed by atoms with Crippen LogP contribution in [0.4, 0.5) is 0 Å². The summed E-state index contributed by atoms with van der Waals surface area (Å²) >= 11 is 0. The van der Waals surface area contributed by atoms with E-state index in [9.17, 15) is 0 Å². The topological polar surface area (TPSA) is 28.3 Å². The van der Waals surface area contributed by atoms with Crippen molar-refractivity contribution in [2.75, 3.05) is 0 Å². The zero-order chi connectivity index (χ0) is 34.7. The minimum Gasteiger partial charge on any atom is -0.457 e. The molecule has 0 aliphatic carbocycles. The van der Waals surface area contributed by atoms with Gasteiger partial charge in [0, 0.05) is 67.3 Å². The monoisotopic (exact) mass is 678 g/mol. The molecule has 0 amide bonds. The molecule has 0 atom stereocenters. The van der Waals surface area contributed by atoms with Crippen LogP contribution < -0.4 is 9.47 Å². The van der Waals surface area contributed by atoms with Gasteiger partial charge >= 0.3 is 0 Å². The number of hydrogen-bond donors (Lipinski definition) is 0. The third-order valence-electron chi connectivity index (χ3n) is 11.4. The second-order valence-electron chi connectivity index (χ2n) is 14.0. The summed E-state index contributed by atoms with van der Waals surface area (Å²) in [7, 11) is 0. The highest BCUT2D eigenvalue weighted by molar-refractivity contribution is 6.10. The number of para-hydroxylation sites is 6. The van der Waals surface area contributed by atoms with E-state index in [1.165, 1.54) is 21.5 Å². The minimum absolute atomic E-state index is 0.687. The third-order valence-corrected chi connectivity index (χ3v) is 11.4. The highest BCUT2D eigenvalue weighted by Crippen LogP contribution is 2.61. The Kier molecular flexibility index (Phi) is 5.67. The standard InChI is InChI=1S/C49H30N2O2/c1-7-19-41-33(13-1)34-14-2-8-20-42(34)50(41)31-25-27-39-47(29-31)53-48-30-32(51-43-21-9-3-15-35(43)36-16-4-10-22-44(36)51)26-28-40(48)49(39)37-17-5-11-23-45(37)52-46-24-12-6-18-38(46)49/h1-30H. The fourth-order valence-electron chi connectivity index (χ4n) is 9.33. The maximum atomic E-state index is 7.19. The Hall–Kier alpha value is -7.04. The molecule has 0 bridgehead atoms. The molecule has 8 aromatic carbocycles. The van der Waals surface area contributed by atoms with E-state index < -0.39 is 5.41 Å². The first-order valence-electron chi connectivity index (χ1n) is 18.1. The Morgan fingerprint density at radius 2 is 0.623 bits per heavy atom. The molecule has 2 aliphatic heterocycles. The quantitative estimate of drug-likeness (QED) is 0.182. The van der Waals surface area contributed by atoms with Crippen molar-refractivity contribution in [3.8, 4) is 34.4 Å². The second-order valence-corrected chi connectivity index (χ2v) is 14.0. The van der Waals surface area contributed by atoms with E-state index in [2.05, 4.69) is 191 Å².